The van der Waals surface area contributed by atoms with Gasteiger partial charge in [0.2, 0.25) is 5.89 Å². The molecule has 0 saturated carbocycles. The summed E-state index contributed by atoms with van der Waals surface area (Å²) in [6.45, 7) is 2.09. The highest BCUT2D eigenvalue weighted by atomic mass is 16.3. The molecule has 5 heteroatoms. The van der Waals surface area contributed by atoms with E-state index in [-0.39, 0.29) is 11.6 Å². The van der Waals surface area contributed by atoms with Gasteiger partial charge < -0.3 is 15.5 Å². The lowest BCUT2D eigenvalue weighted by Gasteiger charge is -2.03. The van der Waals surface area contributed by atoms with Gasteiger partial charge in [-0.25, -0.2) is 4.98 Å². The first kappa shape index (κ1) is 14.8. The molecule has 0 aliphatic carbocycles. The Labute approximate surface area is 134 Å². The fraction of sp³-hybridized carbons (Fsp3) is 0.111. The number of nitrogens with two attached hydrogens (primary N) is 1. The molecule has 0 atom stereocenters. The van der Waals surface area contributed by atoms with E-state index >= 15 is 0 Å². The number of aryl methyl sites for hydroxylation is 1. The lowest BCUT2D eigenvalue weighted by Crippen LogP contribution is -2.12. The van der Waals surface area contributed by atoms with Gasteiger partial charge >= 0.3 is 0 Å². The molecule has 0 aliphatic heterocycles. The number of rotatable bonds is 4. The molecule has 1 amide bonds. The molecule has 5 nitrogen and oxygen atoms in total. The van der Waals surface area contributed by atoms with E-state index in [4.69, 9.17) is 10.2 Å². The van der Waals surface area contributed by atoms with E-state index in [1.807, 2.05) is 24.3 Å². The summed E-state index contributed by atoms with van der Waals surface area (Å²) >= 11 is 0. The quantitative estimate of drug-likeness (QED) is 0.719. The molecule has 1 aromatic heterocycles. The van der Waals surface area contributed by atoms with E-state index in [1.165, 1.54) is 11.8 Å². The van der Waals surface area contributed by atoms with Gasteiger partial charge in [0, 0.05) is 16.9 Å². The predicted octanol–water partition coefficient (Wildman–Crippen LogP) is 3.74. The van der Waals surface area contributed by atoms with Crippen LogP contribution in [0.1, 0.15) is 23.0 Å². The Bertz CT molecular complexity index is 805. The number of nitrogens with zero attached hydrogens (tertiary/aromatic N) is 1. The molecule has 0 spiro atoms. The van der Waals surface area contributed by atoms with Gasteiger partial charge in [-0.05, 0) is 48.4 Å². The molecular weight excluding hydrogens is 290 g/mol. The van der Waals surface area contributed by atoms with E-state index in [0.29, 0.717) is 11.6 Å². The van der Waals surface area contributed by atoms with Gasteiger partial charge in [0.25, 0.3) is 5.91 Å². The molecule has 0 unspecified atom stereocenters. The summed E-state index contributed by atoms with van der Waals surface area (Å²) in [6.07, 6.45) is 2.31. The zero-order chi connectivity index (χ0) is 16.2. The Morgan fingerprint density at radius 2 is 1.83 bits per heavy atom. The Balaban J connectivity index is 1.74. The van der Waals surface area contributed by atoms with Crippen molar-refractivity contribution in [2.75, 3.05) is 11.1 Å². The number of nitrogens with one attached hydrogen (secondary N) is 1. The number of carbonyl (C=O) groups is 1. The number of nitrogen functional groups attached to an aromatic ring is 1. The van der Waals surface area contributed by atoms with Crippen molar-refractivity contribution in [1.82, 2.24) is 4.98 Å². The standard InChI is InChI=1S/C18H17N3O2/c1-2-12-3-9-15(10-4-12)20-17(22)16-11-23-18(21-16)13-5-7-14(19)8-6-13/h3-11H,2,19H2,1H3,(H,20,22). The van der Waals surface area contributed by atoms with Crippen molar-refractivity contribution in [3.05, 3.63) is 66.1 Å². The van der Waals surface area contributed by atoms with Gasteiger partial charge in [-0.3, -0.25) is 4.79 Å². The lowest BCUT2D eigenvalue weighted by molar-refractivity contribution is 0.102. The number of aromatic nitrogens is 1. The van der Waals surface area contributed by atoms with E-state index < -0.39 is 0 Å². The summed E-state index contributed by atoms with van der Waals surface area (Å²) in [7, 11) is 0. The van der Waals surface area contributed by atoms with Gasteiger partial charge in [0.05, 0.1) is 0 Å². The summed E-state index contributed by atoms with van der Waals surface area (Å²) in [5.41, 5.74) is 9.26. The van der Waals surface area contributed by atoms with Crippen LogP contribution in [0, 0.1) is 0 Å². The number of anilines is 2. The molecule has 3 N–H and O–H groups in total. The van der Waals surface area contributed by atoms with Gasteiger partial charge in [-0.2, -0.15) is 0 Å². The lowest BCUT2D eigenvalue weighted by atomic mass is 10.1. The summed E-state index contributed by atoms with van der Waals surface area (Å²) in [5.74, 6) is 0.0798. The molecule has 0 radical (unpaired) electrons. The van der Waals surface area contributed by atoms with Crippen LogP contribution in [-0.4, -0.2) is 10.9 Å². The SMILES string of the molecule is CCc1ccc(NC(=O)c2coc(-c3ccc(N)cc3)n2)cc1. The predicted molar refractivity (Wildman–Crippen MR) is 90.1 cm³/mol. The summed E-state index contributed by atoms with van der Waals surface area (Å²) in [4.78, 5) is 16.4. The zero-order valence-corrected chi connectivity index (χ0v) is 12.7. The van der Waals surface area contributed by atoms with E-state index in [0.717, 1.165) is 17.7 Å². The van der Waals surface area contributed by atoms with Crippen molar-refractivity contribution < 1.29 is 9.21 Å². The van der Waals surface area contributed by atoms with Crippen LogP contribution >= 0.6 is 0 Å². The molecule has 116 valence electrons. The van der Waals surface area contributed by atoms with Crippen molar-refractivity contribution in [1.29, 1.82) is 0 Å². The van der Waals surface area contributed by atoms with Crippen LogP contribution in [-0.2, 0) is 6.42 Å². The van der Waals surface area contributed by atoms with Crippen LogP contribution in [0.4, 0.5) is 11.4 Å². The summed E-state index contributed by atoms with van der Waals surface area (Å²) in [6, 6.07) is 14.8. The average molecular weight is 307 g/mol. The van der Waals surface area contributed by atoms with Crippen LogP contribution in [0.3, 0.4) is 0 Å². The van der Waals surface area contributed by atoms with Crippen molar-refractivity contribution in [3.8, 4) is 11.5 Å². The van der Waals surface area contributed by atoms with Crippen LogP contribution in [0.25, 0.3) is 11.5 Å². The number of amides is 1. The number of hydrogen-bond acceptors (Lipinski definition) is 4. The van der Waals surface area contributed by atoms with Crippen LogP contribution in [0.5, 0.6) is 0 Å². The molecule has 0 aliphatic rings. The van der Waals surface area contributed by atoms with E-state index in [1.54, 1.807) is 24.3 Å². The van der Waals surface area contributed by atoms with Crippen LogP contribution in [0.15, 0.2) is 59.2 Å². The third-order valence-corrected chi connectivity index (χ3v) is 3.51. The molecule has 3 rings (SSSR count). The van der Waals surface area contributed by atoms with Gasteiger partial charge in [0.1, 0.15) is 6.26 Å². The topological polar surface area (TPSA) is 81.2 Å². The summed E-state index contributed by atoms with van der Waals surface area (Å²) in [5, 5.41) is 2.80. The Kier molecular flexibility index (Phi) is 4.10. The average Bonchev–Trinajstić information content (AvgIpc) is 3.06. The first-order valence-corrected chi connectivity index (χ1v) is 7.37. The minimum Gasteiger partial charge on any atom is -0.444 e. The zero-order valence-electron chi connectivity index (χ0n) is 12.7. The highest BCUT2D eigenvalue weighted by Crippen LogP contribution is 2.20. The van der Waals surface area contributed by atoms with E-state index in [2.05, 4.69) is 17.2 Å². The number of oxazole rings is 1. The highest BCUT2D eigenvalue weighted by molar-refractivity contribution is 6.02. The number of carbonyl (C=O) groups excluding carboxylic acids is 1. The van der Waals surface area contributed by atoms with Gasteiger partial charge in [-0.1, -0.05) is 19.1 Å². The second-order valence-electron chi connectivity index (χ2n) is 5.16. The van der Waals surface area contributed by atoms with Crippen LogP contribution in [0.2, 0.25) is 0 Å². The number of hydrogen-bond donors (Lipinski definition) is 2. The fourth-order valence-electron chi connectivity index (χ4n) is 2.16. The second kappa shape index (κ2) is 6.36. The minimum absolute atomic E-state index is 0.233. The fourth-order valence-corrected chi connectivity index (χ4v) is 2.16. The highest BCUT2D eigenvalue weighted by Gasteiger charge is 2.13. The molecule has 23 heavy (non-hydrogen) atoms. The van der Waals surface area contributed by atoms with Gasteiger partial charge in [0.15, 0.2) is 5.69 Å². The molecule has 0 bridgehead atoms. The first-order chi connectivity index (χ1) is 11.2. The maximum atomic E-state index is 12.2. The maximum absolute atomic E-state index is 12.2. The second-order valence-corrected chi connectivity index (χ2v) is 5.16. The molecule has 0 saturated heterocycles. The normalized spacial score (nSPS) is 10.5. The smallest absolute Gasteiger partial charge is 0.277 e. The molecule has 1 heterocycles. The largest absolute Gasteiger partial charge is 0.444 e. The van der Waals surface area contributed by atoms with Crippen LogP contribution < -0.4 is 11.1 Å². The van der Waals surface area contributed by atoms with Crippen molar-refractivity contribution in [2.45, 2.75) is 13.3 Å². The molecule has 0 fully saturated rings. The Morgan fingerprint density at radius 3 is 2.48 bits per heavy atom. The summed E-state index contributed by atoms with van der Waals surface area (Å²) < 4.78 is 5.37. The first-order valence-electron chi connectivity index (χ1n) is 7.37. The number of benzene rings is 2. The minimum atomic E-state index is -0.306. The van der Waals surface area contributed by atoms with Crippen molar-refractivity contribution >= 4 is 17.3 Å². The Hall–Kier alpha value is -3.08. The van der Waals surface area contributed by atoms with E-state index in [9.17, 15) is 4.79 Å². The molecule has 2 aromatic carbocycles. The third-order valence-electron chi connectivity index (χ3n) is 3.51. The maximum Gasteiger partial charge on any atom is 0.277 e. The molecule has 3 aromatic rings. The molecular formula is C18H17N3O2. The van der Waals surface area contributed by atoms with Gasteiger partial charge in [-0.15, -0.1) is 0 Å². The van der Waals surface area contributed by atoms with Crippen molar-refractivity contribution in [2.24, 2.45) is 0 Å². The Morgan fingerprint density at radius 1 is 1.13 bits per heavy atom. The van der Waals surface area contributed by atoms with Crippen molar-refractivity contribution in [3.63, 3.8) is 0 Å². The monoisotopic (exact) mass is 307 g/mol. The third kappa shape index (κ3) is 3.40.